The number of hydrogen-bond donors (Lipinski definition) is 1. The molecule has 1 aliphatic heterocycles. The summed E-state index contributed by atoms with van der Waals surface area (Å²) in [6.07, 6.45) is -2.78. The van der Waals surface area contributed by atoms with E-state index in [9.17, 15) is 18.0 Å². The molecule has 0 aliphatic carbocycles. The second-order valence-electron chi connectivity index (χ2n) is 3.27. The fourth-order valence-electron chi connectivity index (χ4n) is 1.21. The Morgan fingerprint density at radius 2 is 2.31 bits per heavy atom. The van der Waals surface area contributed by atoms with Crippen LogP contribution in [0.5, 0.6) is 0 Å². The first kappa shape index (κ1) is 12.7. The molecular weight excluding hydrogens is 225 g/mol. The van der Waals surface area contributed by atoms with Gasteiger partial charge in [-0.05, 0) is 13.0 Å². The summed E-state index contributed by atoms with van der Waals surface area (Å²) in [6.45, 7) is 0.144. The van der Waals surface area contributed by atoms with Crippen LogP contribution in [0.25, 0.3) is 0 Å². The first-order valence-corrected chi connectivity index (χ1v) is 4.55. The summed E-state index contributed by atoms with van der Waals surface area (Å²) in [6, 6.07) is 0. The van der Waals surface area contributed by atoms with Crippen LogP contribution in [-0.4, -0.2) is 37.6 Å². The van der Waals surface area contributed by atoms with Crippen molar-refractivity contribution in [1.82, 2.24) is 5.32 Å². The molecule has 1 atom stereocenters. The number of nitrogens with zero attached hydrogens (tertiary/aromatic N) is 1. The average molecular weight is 236 g/mol. The SMILES string of the molecule is CC1N=C(C=O)C=C(COCC(F)(F)F)N1. The highest BCUT2D eigenvalue weighted by Crippen LogP contribution is 2.15. The Bertz CT molecular complexity index is 323. The van der Waals surface area contributed by atoms with Crippen molar-refractivity contribution in [3.63, 3.8) is 0 Å². The van der Waals surface area contributed by atoms with Crippen LogP contribution in [-0.2, 0) is 9.53 Å². The van der Waals surface area contributed by atoms with Gasteiger partial charge < -0.3 is 10.1 Å². The van der Waals surface area contributed by atoms with E-state index < -0.39 is 12.8 Å². The van der Waals surface area contributed by atoms with Crippen molar-refractivity contribution in [2.75, 3.05) is 13.2 Å². The van der Waals surface area contributed by atoms with E-state index in [0.29, 0.717) is 12.0 Å². The second kappa shape index (κ2) is 5.11. The molecule has 0 saturated heterocycles. The Hall–Kier alpha value is -1.37. The molecule has 0 aromatic rings. The van der Waals surface area contributed by atoms with Gasteiger partial charge in [-0.15, -0.1) is 0 Å². The molecule has 1 aliphatic rings. The third kappa shape index (κ3) is 4.43. The predicted octanol–water partition coefficient (Wildman–Crippen LogP) is 1.04. The molecule has 0 amide bonds. The van der Waals surface area contributed by atoms with Gasteiger partial charge in [-0.25, -0.2) is 0 Å². The smallest absolute Gasteiger partial charge is 0.366 e. The lowest BCUT2D eigenvalue weighted by atomic mass is 10.2. The molecule has 0 aromatic heterocycles. The van der Waals surface area contributed by atoms with Crippen molar-refractivity contribution in [3.8, 4) is 0 Å². The zero-order valence-corrected chi connectivity index (χ0v) is 8.54. The lowest BCUT2D eigenvalue weighted by Crippen LogP contribution is -2.32. The average Bonchev–Trinajstić information content (AvgIpc) is 2.14. The zero-order valence-electron chi connectivity index (χ0n) is 8.54. The number of alkyl halides is 3. The van der Waals surface area contributed by atoms with Crippen LogP contribution in [0.15, 0.2) is 16.8 Å². The molecule has 90 valence electrons. The number of halogens is 3. The van der Waals surface area contributed by atoms with Crippen LogP contribution < -0.4 is 5.32 Å². The molecule has 1 heterocycles. The first-order valence-electron chi connectivity index (χ1n) is 4.55. The zero-order chi connectivity index (χ0) is 12.2. The first-order chi connectivity index (χ1) is 7.40. The Kier molecular flexibility index (Phi) is 4.05. The number of rotatable bonds is 4. The molecule has 0 spiro atoms. The van der Waals surface area contributed by atoms with E-state index in [0.717, 1.165) is 0 Å². The Morgan fingerprint density at radius 3 is 2.88 bits per heavy atom. The highest BCUT2D eigenvalue weighted by Gasteiger charge is 2.27. The van der Waals surface area contributed by atoms with Gasteiger partial charge in [-0.1, -0.05) is 0 Å². The Labute approximate surface area is 90.2 Å². The molecule has 1 rings (SSSR count). The molecule has 16 heavy (non-hydrogen) atoms. The maximum absolute atomic E-state index is 11.8. The quantitative estimate of drug-likeness (QED) is 0.742. The van der Waals surface area contributed by atoms with Gasteiger partial charge in [-0.3, -0.25) is 9.79 Å². The summed E-state index contributed by atoms with van der Waals surface area (Å²) >= 11 is 0. The van der Waals surface area contributed by atoms with Crippen molar-refractivity contribution < 1.29 is 22.7 Å². The molecule has 0 saturated carbocycles. The summed E-state index contributed by atoms with van der Waals surface area (Å²) in [4.78, 5) is 14.4. The monoisotopic (exact) mass is 236 g/mol. The van der Waals surface area contributed by atoms with Gasteiger partial charge in [0.15, 0.2) is 6.29 Å². The second-order valence-corrected chi connectivity index (χ2v) is 3.27. The lowest BCUT2D eigenvalue weighted by molar-refractivity contribution is -0.171. The molecular formula is C9H11F3N2O2. The van der Waals surface area contributed by atoms with E-state index in [1.165, 1.54) is 6.08 Å². The van der Waals surface area contributed by atoms with Gasteiger partial charge in [0.25, 0.3) is 0 Å². The van der Waals surface area contributed by atoms with Crippen LogP contribution in [0, 0.1) is 0 Å². The molecule has 1 N–H and O–H groups in total. The van der Waals surface area contributed by atoms with Gasteiger partial charge >= 0.3 is 6.18 Å². The summed E-state index contributed by atoms with van der Waals surface area (Å²) in [5.74, 6) is 0. The maximum Gasteiger partial charge on any atom is 0.411 e. The minimum atomic E-state index is -4.34. The summed E-state index contributed by atoms with van der Waals surface area (Å²) < 4.78 is 39.8. The number of carbonyl (C=O) groups is 1. The molecule has 1 unspecified atom stereocenters. The van der Waals surface area contributed by atoms with Gasteiger partial charge in [0.05, 0.1) is 6.61 Å². The molecule has 0 bridgehead atoms. The van der Waals surface area contributed by atoms with Crippen LogP contribution in [0.1, 0.15) is 6.92 Å². The molecule has 0 fully saturated rings. The molecule has 7 heteroatoms. The van der Waals surface area contributed by atoms with E-state index in [1.54, 1.807) is 6.92 Å². The summed E-state index contributed by atoms with van der Waals surface area (Å²) in [5, 5.41) is 2.79. The van der Waals surface area contributed by atoms with Crippen LogP contribution in [0.4, 0.5) is 13.2 Å². The number of hydrogen-bond acceptors (Lipinski definition) is 4. The fourth-order valence-corrected chi connectivity index (χ4v) is 1.21. The minimum absolute atomic E-state index is 0.192. The van der Waals surface area contributed by atoms with Gasteiger partial charge in [-0.2, -0.15) is 13.2 Å². The van der Waals surface area contributed by atoms with Gasteiger partial charge in [0.2, 0.25) is 0 Å². The van der Waals surface area contributed by atoms with E-state index in [-0.39, 0.29) is 18.5 Å². The van der Waals surface area contributed by atoms with E-state index in [2.05, 4.69) is 15.0 Å². The predicted molar refractivity (Wildman–Crippen MR) is 51.1 cm³/mol. The van der Waals surface area contributed by atoms with Crippen molar-refractivity contribution in [1.29, 1.82) is 0 Å². The Balaban J connectivity index is 2.46. The fraction of sp³-hybridized carbons (Fsp3) is 0.556. The topological polar surface area (TPSA) is 50.7 Å². The number of ether oxygens (including phenoxy) is 1. The lowest BCUT2D eigenvalue weighted by Gasteiger charge is -2.19. The number of allylic oxidation sites excluding steroid dienone is 1. The van der Waals surface area contributed by atoms with Gasteiger partial charge in [0, 0.05) is 5.70 Å². The van der Waals surface area contributed by atoms with E-state index >= 15 is 0 Å². The summed E-state index contributed by atoms with van der Waals surface area (Å²) in [7, 11) is 0. The van der Waals surface area contributed by atoms with Gasteiger partial charge in [0.1, 0.15) is 18.5 Å². The summed E-state index contributed by atoms with van der Waals surface area (Å²) in [5.41, 5.74) is 0.603. The normalized spacial score (nSPS) is 20.9. The number of aliphatic imine (C=N–C) groups is 1. The van der Waals surface area contributed by atoms with Crippen LogP contribution in [0.3, 0.4) is 0 Å². The molecule has 0 aromatic carbocycles. The van der Waals surface area contributed by atoms with Crippen molar-refractivity contribution in [3.05, 3.63) is 11.8 Å². The largest absolute Gasteiger partial charge is 0.411 e. The third-order valence-corrected chi connectivity index (χ3v) is 1.70. The number of carbonyl (C=O) groups excluding carboxylic acids is 1. The van der Waals surface area contributed by atoms with Crippen molar-refractivity contribution in [2.24, 2.45) is 4.99 Å². The van der Waals surface area contributed by atoms with Crippen LogP contribution in [0.2, 0.25) is 0 Å². The van der Waals surface area contributed by atoms with Crippen LogP contribution >= 0.6 is 0 Å². The standard InChI is InChI=1S/C9H11F3N2O2/c1-6-13-7(3-15)2-8(14-6)4-16-5-9(10,11)12/h2-3,6,14H,4-5H2,1H3. The van der Waals surface area contributed by atoms with Crippen molar-refractivity contribution in [2.45, 2.75) is 19.3 Å². The number of aldehydes is 1. The number of nitrogens with one attached hydrogen (secondary N) is 1. The third-order valence-electron chi connectivity index (χ3n) is 1.70. The maximum atomic E-state index is 11.8. The highest BCUT2D eigenvalue weighted by molar-refractivity contribution is 6.34. The minimum Gasteiger partial charge on any atom is -0.366 e. The van der Waals surface area contributed by atoms with E-state index in [4.69, 9.17) is 0 Å². The highest BCUT2D eigenvalue weighted by atomic mass is 19.4. The Morgan fingerprint density at radius 1 is 1.62 bits per heavy atom. The molecule has 0 radical (unpaired) electrons. The molecule has 4 nitrogen and oxygen atoms in total. The van der Waals surface area contributed by atoms with E-state index in [1.807, 2.05) is 0 Å². The van der Waals surface area contributed by atoms with Crippen molar-refractivity contribution >= 4 is 12.0 Å².